The second kappa shape index (κ2) is 4.76. The van der Waals surface area contributed by atoms with E-state index in [1.54, 1.807) is 18.2 Å². The van der Waals surface area contributed by atoms with E-state index in [0.29, 0.717) is 6.42 Å². The van der Waals surface area contributed by atoms with Crippen LogP contribution >= 0.6 is 11.8 Å². The molecule has 2 atom stereocenters. The van der Waals surface area contributed by atoms with Crippen LogP contribution in [0.1, 0.15) is 25.8 Å². The van der Waals surface area contributed by atoms with Gasteiger partial charge >= 0.3 is 0 Å². The van der Waals surface area contributed by atoms with E-state index in [1.165, 1.54) is 0 Å². The molecule has 0 aromatic heterocycles. The van der Waals surface area contributed by atoms with E-state index in [-0.39, 0.29) is 11.7 Å². The molecule has 1 aromatic rings. The summed E-state index contributed by atoms with van der Waals surface area (Å²) in [5.41, 5.74) is 5.60. The van der Waals surface area contributed by atoms with Gasteiger partial charge in [-0.1, -0.05) is 12.1 Å². The highest BCUT2D eigenvalue weighted by molar-refractivity contribution is 7.99. The van der Waals surface area contributed by atoms with Crippen molar-refractivity contribution in [2.75, 3.05) is 11.5 Å². The Balaban J connectivity index is 2.42. The first kappa shape index (κ1) is 13.7. The summed E-state index contributed by atoms with van der Waals surface area (Å²) in [5, 5.41) is 20.7. The molecular formula is C14H21NO2S. The second-order valence-electron chi connectivity index (χ2n) is 5.67. The first-order valence-corrected chi connectivity index (χ1v) is 7.38. The fourth-order valence-electron chi connectivity index (χ4n) is 2.69. The largest absolute Gasteiger partial charge is 0.508 e. The van der Waals surface area contributed by atoms with Gasteiger partial charge in [0.15, 0.2) is 0 Å². The average molecular weight is 267 g/mol. The number of thioether (sulfide) groups is 1. The predicted molar refractivity (Wildman–Crippen MR) is 75.7 cm³/mol. The predicted octanol–water partition coefficient (Wildman–Crippen LogP) is 2.07. The van der Waals surface area contributed by atoms with E-state index in [1.807, 2.05) is 31.7 Å². The van der Waals surface area contributed by atoms with Crippen LogP contribution in [0, 0.1) is 5.92 Å². The van der Waals surface area contributed by atoms with Gasteiger partial charge in [0.2, 0.25) is 0 Å². The summed E-state index contributed by atoms with van der Waals surface area (Å²) in [6, 6.07) is 6.90. The number of phenolic OH excluding ortho intramolecular Hbond substituents is 1. The number of rotatable bonds is 2. The normalized spacial score (nSPS) is 29.2. The van der Waals surface area contributed by atoms with E-state index >= 15 is 0 Å². The first-order valence-electron chi connectivity index (χ1n) is 6.22. The van der Waals surface area contributed by atoms with E-state index in [4.69, 9.17) is 5.73 Å². The standard InChI is InChI=1S/C14H21NO2S/c1-13(2,15)12-9-18-7-6-14(12,17)10-4-3-5-11(16)8-10/h3-5,8,12,16-17H,6-7,9,15H2,1-2H3/t12-,14-/m1/s1. The molecule has 0 spiro atoms. The molecule has 0 bridgehead atoms. The summed E-state index contributed by atoms with van der Waals surface area (Å²) in [7, 11) is 0. The van der Waals surface area contributed by atoms with Crippen molar-refractivity contribution in [1.82, 2.24) is 0 Å². The molecule has 0 amide bonds. The quantitative estimate of drug-likeness (QED) is 0.767. The van der Waals surface area contributed by atoms with Gasteiger partial charge in [0, 0.05) is 17.2 Å². The summed E-state index contributed by atoms with van der Waals surface area (Å²) < 4.78 is 0. The Labute approximate surface area is 112 Å². The third kappa shape index (κ3) is 2.51. The van der Waals surface area contributed by atoms with Gasteiger partial charge in [-0.3, -0.25) is 0 Å². The van der Waals surface area contributed by atoms with E-state index < -0.39 is 11.1 Å². The van der Waals surface area contributed by atoms with Crippen molar-refractivity contribution in [3.05, 3.63) is 29.8 Å². The molecule has 18 heavy (non-hydrogen) atoms. The lowest BCUT2D eigenvalue weighted by Crippen LogP contribution is -2.55. The lowest BCUT2D eigenvalue weighted by molar-refractivity contribution is -0.0455. The van der Waals surface area contributed by atoms with Crippen LogP contribution in [0.4, 0.5) is 0 Å². The maximum atomic E-state index is 11.1. The molecule has 1 heterocycles. The zero-order valence-electron chi connectivity index (χ0n) is 10.9. The molecule has 1 saturated heterocycles. The van der Waals surface area contributed by atoms with Crippen LogP contribution < -0.4 is 5.73 Å². The van der Waals surface area contributed by atoms with E-state index in [0.717, 1.165) is 17.1 Å². The summed E-state index contributed by atoms with van der Waals surface area (Å²) in [4.78, 5) is 0. The minimum Gasteiger partial charge on any atom is -0.508 e. The molecule has 3 nitrogen and oxygen atoms in total. The highest BCUT2D eigenvalue weighted by Gasteiger charge is 2.46. The molecule has 4 heteroatoms. The van der Waals surface area contributed by atoms with Gasteiger partial charge in [-0.15, -0.1) is 0 Å². The SMILES string of the molecule is CC(C)(N)[C@H]1CSCC[C@@]1(O)c1cccc(O)c1. The molecule has 100 valence electrons. The summed E-state index contributed by atoms with van der Waals surface area (Å²) >= 11 is 1.83. The maximum Gasteiger partial charge on any atom is 0.115 e. The maximum absolute atomic E-state index is 11.1. The molecular weight excluding hydrogens is 246 g/mol. The van der Waals surface area contributed by atoms with Crippen LogP contribution in [-0.4, -0.2) is 27.3 Å². The number of phenols is 1. The topological polar surface area (TPSA) is 66.5 Å². The van der Waals surface area contributed by atoms with Crippen LogP contribution in [0.2, 0.25) is 0 Å². The average Bonchev–Trinajstić information content (AvgIpc) is 2.28. The van der Waals surface area contributed by atoms with Gasteiger partial charge in [0.25, 0.3) is 0 Å². The van der Waals surface area contributed by atoms with Crippen molar-refractivity contribution in [1.29, 1.82) is 0 Å². The van der Waals surface area contributed by atoms with E-state index in [2.05, 4.69) is 0 Å². The van der Waals surface area contributed by atoms with Gasteiger partial charge in [-0.2, -0.15) is 11.8 Å². The number of aliphatic hydroxyl groups is 1. The molecule has 2 rings (SSSR count). The summed E-state index contributed by atoms with van der Waals surface area (Å²) in [6.45, 7) is 3.91. The van der Waals surface area contributed by atoms with Crippen LogP contribution in [-0.2, 0) is 5.60 Å². The van der Waals surface area contributed by atoms with Crippen molar-refractivity contribution in [3.8, 4) is 5.75 Å². The minimum absolute atomic E-state index is 0.0226. The summed E-state index contributed by atoms with van der Waals surface area (Å²) in [5.74, 6) is 1.92. The Morgan fingerprint density at radius 2 is 2.17 bits per heavy atom. The monoisotopic (exact) mass is 267 g/mol. The molecule has 0 radical (unpaired) electrons. The zero-order chi connectivity index (χ0) is 13.4. The van der Waals surface area contributed by atoms with Gasteiger partial charge < -0.3 is 15.9 Å². The van der Waals surface area contributed by atoms with Gasteiger partial charge in [0.05, 0.1) is 5.60 Å². The van der Waals surface area contributed by atoms with Gasteiger partial charge in [-0.25, -0.2) is 0 Å². The number of hydrogen-bond donors (Lipinski definition) is 3. The highest BCUT2D eigenvalue weighted by Crippen LogP contribution is 2.45. The van der Waals surface area contributed by atoms with Crippen LogP contribution in [0.25, 0.3) is 0 Å². The molecule has 1 aliphatic rings. The number of nitrogens with two attached hydrogens (primary N) is 1. The van der Waals surface area contributed by atoms with Crippen LogP contribution in [0.3, 0.4) is 0 Å². The summed E-state index contributed by atoms with van der Waals surface area (Å²) in [6.07, 6.45) is 0.673. The van der Waals surface area contributed by atoms with Crippen molar-refractivity contribution in [2.24, 2.45) is 11.7 Å². The van der Waals surface area contributed by atoms with Gasteiger partial charge in [0.1, 0.15) is 5.75 Å². The number of aromatic hydroxyl groups is 1. The smallest absolute Gasteiger partial charge is 0.115 e. The second-order valence-corrected chi connectivity index (χ2v) is 6.82. The van der Waals surface area contributed by atoms with Crippen molar-refractivity contribution >= 4 is 11.8 Å². The Morgan fingerprint density at radius 3 is 2.78 bits per heavy atom. The lowest BCUT2D eigenvalue weighted by Gasteiger charge is -2.46. The molecule has 1 fully saturated rings. The first-order chi connectivity index (χ1) is 8.34. The molecule has 1 aliphatic heterocycles. The highest BCUT2D eigenvalue weighted by atomic mass is 32.2. The fourth-order valence-corrected chi connectivity index (χ4v) is 4.26. The van der Waals surface area contributed by atoms with Gasteiger partial charge in [-0.05, 0) is 43.7 Å². The molecule has 0 saturated carbocycles. The zero-order valence-corrected chi connectivity index (χ0v) is 11.7. The third-order valence-electron chi connectivity index (χ3n) is 3.73. The fraction of sp³-hybridized carbons (Fsp3) is 0.571. The lowest BCUT2D eigenvalue weighted by atomic mass is 9.71. The Morgan fingerprint density at radius 1 is 1.44 bits per heavy atom. The number of benzene rings is 1. The van der Waals surface area contributed by atoms with Crippen molar-refractivity contribution in [3.63, 3.8) is 0 Å². The van der Waals surface area contributed by atoms with E-state index in [9.17, 15) is 10.2 Å². The Hall–Kier alpha value is -0.710. The van der Waals surface area contributed by atoms with Crippen LogP contribution in [0.15, 0.2) is 24.3 Å². The van der Waals surface area contributed by atoms with Crippen molar-refractivity contribution < 1.29 is 10.2 Å². The third-order valence-corrected chi connectivity index (χ3v) is 4.79. The Kier molecular flexibility index (Phi) is 3.63. The number of hydrogen-bond acceptors (Lipinski definition) is 4. The molecule has 0 aliphatic carbocycles. The molecule has 1 aromatic carbocycles. The molecule has 4 N–H and O–H groups in total. The minimum atomic E-state index is -0.942. The van der Waals surface area contributed by atoms with Crippen LogP contribution in [0.5, 0.6) is 5.75 Å². The van der Waals surface area contributed by atoms with Crippen molar-refractivity contribution in [2.45, 2.75) is 31.4 Å². The molecule has 0 unspecified atom stereocenters. The Bertz CT molecular complexity index is 430.